The first-order chi connectivity index (χ1) is 7.29. The second-order valence-electron chi connectivity index (χ2n) is 5.17. The van der Waals surface area contributed by atoms with E-state index < -0.39 is 0 Å². The summed E-state index contributed by atoms with van der Waals surface area (Å²) in [6.07, 6.45) is 0.997. The van der Waals surface area contributed by atoms with E-state index in [0.717, 1.165) is 12.0 Å². The van der Waals surface area contributed by atoms with Crippen LogP contribution in [0.25, 0.3) is 0 Å². The Labute approximate surface area is 103 Å². The van der Waals surface area contributed by atoms with Crippen molar-refractivity contribution in [2.75, 3.05) is 0 Å². The Bertz CT molecular complexity index is 359. The van der Waals surface area contributed by atoms with E-state index in [-0.39, 0.29) is 16.6 Å². The van der Waals surface area contributed by atoms with Crippen molar-refractivity contribution >= 4 is 11.6 Å². The fourth-order valence-corrected chi connectivity index (χ4v) is 2.04. The average molecular weight is 243 g/mol. The van der Waals surface area contributed by atoms with Crippen molar-refractivity contribution in [2.45, 2.75) is 46.4 Å². The van der Waals surface area contributed by atoms with Gasteiger partial charge in [-0.2, -0.15) is 0 Å². The van der Waals surface area contributed by atoms with Crippen molar-refractivity contribution in [2.24, 2.45) is 5.41 Å². The van der Waals surface area contributed by atoms with Gasteiger partial charge in [0, 0.05) is 0 Å². The van der Waals surface area contributed by atoms with Crippen LogP contribution < -0.4 is 0 Å². The maximum Gasteiger partial charge on any atom is 0.129 e. The normalized spacial score (nSPS) is 13.9. The molecule has 1 aromatic rings. The molecule has 1 aromatic carbocycles. The van der Waals surface area contributed by atoms with Crippen LogP contribution in [0.15, 0.2) is 12.1 Å². The molecule has 0 N–H and O–H groups in total. The number of benzene rings is 1. The zero-order chi connectivity index (χ0) is 12.5. The first-order valence-electron chi connectivity index (χ1n) is 5.70. The molecule has 1 unspecified atom stereocenters. The minimum absolute atomic E-state index is 0.0261. The molecular weight excluding hydrogens is 223 g/mol. The van der Waals surface area contributed by atoms with Gasteiger partial charge in [-0.1, -0.05) is 32.9 Å². The van der Waals surface area contributed by atoms with Crippen LogP contribution in [0.5, 0.6) is 0 Å². The Kier molecular flexibility index (Phi) is 4.01. The van der Waals surface area contributed by atoms with Gasteiger partial charge in [0.1, 0.15) is 5.82 Å². The number of halogens is 2. The minimum atomic E-state index is -0.123. The summed E-state index contributed by atoms with van der Waals surface area (Å²) in [6, 6.07) is 3.72. The molecule has 90 valence electrons. The van der Waals surface area contributed by atoms with Gasteiger partial charge in [-0.15, -0.1) is 11.6 Å². The smallest absolute Gasteiger partial charge is 0.129 e. The van der Waals surface area contributed by atoms with Gasteiger partial charge in [0.25, 0.3) is 0 Å². The molecule has 1 rings (SSSR count). The van der Waals surface area contributed by atoms with Crippen molar-refractivity contribution in [3.8, 4) is 0 Å². The van der Waals surface area contributed by atoms with Crippen LogP contribution in [0.3, 0.4) is 0 Å². The highest BCUT2D eigenvalue weighted by molar-refractivity contribution is 6.21. The second kappa shape index (κ2) is 4.75. The van der Waals surface area contributed by atoms with Gasteiger partial charge in [-0.25, -0.2) is 4.39 Å². The van der Waals surface area contributed by atoms with E-state index >= 15 is 0 Å². The quantitative estimate of drug-likeness (QED) is 0.643. The van der Waals surface area contributed by atoms with E-state index in [1.165, 1.54) is 0 Å². The third-order valence-corrected chi connectivity index (χ3v) is 4.19. The molecule has 0 aliphatic heterocycles. The molecule has 0 bridgehead atoms. The van der Waals surface area contributed by atoms with E-state index in [0.29, 0.717) is 11.1 Å². The van der Waals surface area contributed by atoms with E-state index in [9.17, 15) is 4.39 Å². The van der Waals surface area contributed by atoms with Gasteiger partial charge in [-0.05, 0) is 42.4 Å². The Morgan fingerprint density at radius 3 is 2.06 bits per heavy atom. The molecule has 1 atom stereocenters. The number of rotatable bonds is 3. The molecule has 0 aliphatic carbocycles. The molecule has 0 saturated carbocycles. The Morgan fingerprint density at radius 2 is 1.69 bits per heavy atom. The molecule has 0 nitrogen and oxygen atoms in total. The minimum Gasteiger partial charge on any atom is -0.206 e. The van der Waals surface area contributed by atoms with Crippen LogP contribution in [-0.2, 0) is 0 Å². The Balaban J connectivity index is 3.15. The lowest BCUT2D eigenvalue weighted by atomic mass is 9.82. The van der Waals surface area contributed by atoms with Crippen molar-refractivity contribution < 1.29 is 4.39 Å². The van der Waals surface area contributed by atoms with Gasteiger partial charge < -0.3 is 0 Å². The fraction of sp³-hybridized carbons (Fsp3) is 0.571. The molecule has 16 heavy (non-hydrogen) atoms. The lowest BCUT2D eigenvalue weighted by molar-refractivity contribution is 0.336. The molecular formula is C14H20ClF. The second-order valence-corrected chi connectivity index (χ2v) is 5.61. The fourth-order valence-electron chi connectivity index (χ4n) is 1.76. The summed E-state index contributed by atoms with van der Waals surface area (Å²) in [5.74, 6) is -0.123. The van der Waals surface area contributed by atoms with Crippen molar-refractivity contribution in [1.29, 1.82) is 0 Å². The number of alkyl halides is 1. The third kappa shape index (κ3) is 2.57. The van der Waals surface area contributed by atoms with E-state index in [1.807, 2.05) is 12.1 Å². The van der Waals surface area contributed by atoms with Crippen molar-refractivity contribution in [3.05, 3.63) is 34.6 Å². The molecule has 0 aromatic heterocycles. The average Bonchev–Trinajstić information content (AvgIpc) is 2.24. The molecule has 0 radical (unpaired) electrons. The maximum atomic E-state index is 13.5. The van der Waals surface area contributed by atoms with Crippen LogP contribution in [0.4, 0.5) is 4.39 Å². The SMILES string of the molecule is CCC(C)(C)C(Cl)c1cc(C)c(F)c(C)c1. The van der Waals surface area contributed by atoms with Crippen LogP contribution in [0.1, 0.15) is 49.3 Å². The standard InChI is InChI=1S/C14H20ClF/c1-6-14(4,5)13(15)11-7-9(2)12(16)10(3)8-11/h7-8,13H,6H2,1-5H3. The predicted molar refractivity (Wildman–Crippen MR) is 68.5 cm³/mol. The molecule has 0 spiro atoms. The summed E-state index contributed by atoms with van der Waals surface area (Å²) in [6.45, 7) is 9.97. The van der Waals surface area contributed by atoms with Gasteiger partial charge >= 0.3 is 0 Å². The monoisotopic (exact) mass is 242 g/mol. The Morgan fingerprint density at radius 1 is 1.25 bits per heavy atom. The van der Waals surface area contributed by atoms with Gasteiger partial charge in [0.15, 0.2) is 0 Å². The van der Waals surface area contributed by atoms with Gasteiger partial charge in [-0.3, -0.25) is 0 Å². The number of aryl methyl sites for hydroxylation is 2. The van der Waals surface area contributed by atoms with Crippen LogP contribution >= 0.6 is 11.6 Å². The molecule has 0 fully saturated rings. The van der Waals surface area contributed by atoms with Gasteiger partial charge in [0.05, 0.1) is 5.38 Å². The van der Waals surface area contributed by atoms with E-state index in [4.69, 9.17) is 11.6 Å². The first kappa shape index (κ1) is 13.5. The summed E-state index contributed by atoms with van der Waals surface area (Å²) in [5.41, 5.74) is 2.39. The topological polar surface area (TPSA) is 0 Å². The molecule has 2 heteroatoms. The molecule has 0 aliphatic rings. The van der Waals surface area contributed by atoms with Crippen LogP contribution in [-0.4, -0.2) is 0 Å². The van der Waals surface area contributed by atoms with E-state index in [2.05, 4.69) is 20.8 Å². The number of hydrogen-bond acceptors (Lipinski definition) is 0. The first-order valence-corrected chi connectivity index (χ1v) is 6.14. The van der Waals surface area contributed by atoms with Crippen molar-refractivity contribution in [1.82, 2.24) is 0 Å². The zero-order valence-electron chi connectivity index (χ0n) is 10.7. The maximum absolute atomic E-state index is 13.5. The van der Waals surface area contributed by atoms with Crippen molar-refractivity contribution in [3.63, 3.8) is 0 Å². The van der Waals surface area contributed by atoms with Gasteiger partial charge in [0.2, 0.25) is 0 Å². The highest BCUT2D eigenvalue weighted by Gasteiger charge is 2.27. The molecule has 0 heterocycles. The van der Waals surface area contributed by atoms with E-state index in [1.54, 1.807) is 13.8 Å². The molecule has 0 amide bonds. The zero-order valence-corrected chi connectivity index (χ0v) is 11.5. The number of hydrogen-bond donors (Lipinski definition) is 0. The highest BCUT2D eigenvalue weighted by Crippen LogP contribution is 2.42. The summed E-state index contributed by atoms with van der Waals surface area (Å²) in [7, 11) is 0. The largest absolute Gasteiger partial charge is 0.206 e. The summed E-state index contributed by atoms with van der Waals surface area (Å²) in [5, 5.41) is -0.0736. The molecule has 0 saturated heterocycles. The third-order valence-electron chi connectivity index (χ3n) is 3.35. The lowest BCUT2D eigenvalue weighted by Gasteiger charge is -2.29. The highest BCUT2D eigenvalue weighted by atomic mass is 35.5. The Hall–Kier alpha value is -0.560. The lowest BCUT2D eigenvalue weighted by Crippen LogP contribution is -2.17. The summed E-state index contributed by atoms with van der Waals surface area (Å²) >= 11 is 6.47. The summed E-state index contributed by atoms with van der Waals surface area (Å²) < 4.78 is 13.5. The van der Waals surface area contributed by atoms with Crippen LogP contribution in [0.2, 0.25) is 0 Å². The predicted octanol–water partition coefficient (Wildman–Crippen LogP) is 5.16. The van der Waals surface area contributed by atoms with Crippen LogP contribution in [0, 0.1) is 25.1 Å². The summed E-state index contributed by atoms with van der Waals surface area (Å²) in [4.78, 5) is 0.